The smallest absolute Gasteiger partial charge is 0.252 e. The minimum atomic E-state index is -1.68. The molecule has 0 amide bonds. The predicted molar refractivity (Wildman–Crippen MR) is 252 cm³/mol. The van der Waals surface area contributed by atoms with E-state index in [9.17, 15) is 15.3 Å². The number of aliphatic hydroxyl groups excluding tert-OH is 3. The first-order chi connectivity index (χ1) is 28.2. The second kappa shape index (κ2) is 42.1. The second-order valence-corrected chi connectivity index (χ2v) is 19.0. The van der Waals surface area contributed by atoms with Crippen LogP contribution in [0.5, 0.6) is 0 Å². The molecule has 0 aliphatic rings. The lowest BCUT2D eigenvalue weighted by Gasteiger charge is -2.45. The third-order valence-corrected chi connectivity index (χ3v) is 13.0. The Labute approximate surface area is 363 Å². The highest BCUT2D eigenvalue weighted by Crippen LogP contribution is 2.40. The number of nitrogens with two attached hydrogens (primary N) is 1. The first-order valence-electron chi connectivity index (χ1n) is 26.3. The van der Waals surface area contributed by atoms with Crippen LogP contribution in [0.2, 0.25) is 0 Å². The monoisotopic (exact) mass is 826 g/mol. The summed E-state index contributed by atoms with van der Waals surface area (Å²) in [7, 11) is 0. The van der Waals surface area contributed by atoms with Crippen molar-refractivity contribution in [3.05, 3.63) is 0 Å². The first-order valence-corrected chi connectivity index (χ1v) is 26.3. The Morgan fingerprint density at radius 2 is 0.569 bits per heavy atom. The fourth-order valence-electron chi connectivity index (χ4n) is 9.29. The molecule has 0 aromatic heterocycles. The van der Waals surface area contributed by atoms with Gasteiger partial charge >= 0.3 is 0 Å². The van der Waals surface area contributed by atoms with Crippen LogP contribution in [0.15, 0.2) is 0 Å². The van der Waals surface area contributed by atoms with Gasteiger partial charge in [-0.15, -0.1) is 0 Å². The topological polar surface area (TPSA) is 105 Å². The molecule has 0 saturated heterocycles. The van der Waals surface area contributed by atoms with Gasteiger partial charge in [-0.2, -0.15) is 0 Å². The number of aliphatic hydroxyl groups is 3. The van der Waals surface area contributed by atoms with E-state index < -0.39 is 29.6 Å². The summed E-state index contributed by atoms with van der Waals surface area (Å²) in [5.41, 5.74) is 5.68. The van der Waals surface area contributed by atoms with Crippen LogP contribution in [0.4, 0.5) is 0 Å². The van der Waals surface area contributed by atoms with Crippen molar-refractivity contribution in [1.29, 1.82) is 0 Å². The van der Waals surface area contributed by atoms with Gasteiger partial charge in [-0.3, -0.25) is 5.73 Å². The molecule has 0 radical (unpaired) electrons. The van der Waals surface area contributed by atoms with E-state index in [1.54, 1.807) is 0 Å². The molecule has 58 heavy (non-hydrogen) atoms. The number of unbranched alkanes of at least 4 members (excludes halogenated alkanes) is 34. The number of hydrogen-bond acceptors (Lipinski definition) is 6. The van der Waals surface area contributed by atoms with Crippen LogP contribution in [0.25, 0.3) is 0 Å². The van der Waals surface area contributed by atoms with Gasteiger partial charge in [-0.05, 0) is 39.5 Å². The second-order valence-electron chi connectivity index (χ2n) is 19.0. The molecule has 0 aromatic rings. The molecule has 350 valence electrons. The average molecular weight is 826 g/mol. The fraction of sp³-hybridized carbons (Fsp3) is 1.00. The van der Waals surface area contributed by atoms with Crippen molar-refractivity contribution in [2.45, 2.75) is 316 Å². The highest BCUT2D eigenvalue weighted by Gasteiger charge is 2.49. The molecule has 5 N–H and O–H groups in total. The van der Waals surface area contributed by atoms with E-state index in [0.717, 1.165) is 25.7 Å². The summed E-state index contributed by atoms with van der Waals surface area (Å²) >= 11 is 0. The minimum Gasteiger partial charge on any atom is -0.393 e. The van der Waals surface area contributed by atoms with Crippen molar-refractivity contribution in [3.8, 4) is 0 Å². The Balaban J connectivity index is 4.33. The van der Waals surface area contributed by atoms with Crippen LogP contribution in [-0.2, 0) is 9.47 Å². The summed E-state index contributed by atoms with van der Waals surface area (Å²) in [5.74, 6) is -1.68. The van der Waals surface area contributed by atoms with Crippen molar-refractivity contribution in [3.63, 3.8) is 0 Å². The lowest BCUT2D eigenvalue weighted by atomic mass is 9.72. The molecule has 3 unspecified atom stereocenters. The molecular weight excluding hydrogens is 719 g/mol. The molecule has 0 rings (SSSR count). The number of rotatable bonds is 48. The Kier molecular flexibility index (Phi) is 41.9. The zero-order valence-corrected chi connectivity index (χ0v) is 40.2. The molecule has 0 bridgehead atoms. The molecule has 0 aliphatic carbocycles. The normalized spacial score (nSPS) is 14.8. The molecule has 6 nitrogen and oxygen atoms in total. The van der Waals surface area contributed by atoms with Gasteiger partial charge in [-0.1, -0.05) is 252 Å². The van der Waals surface area contributed by atoms with Crippen LogP contribution in [-0.4, -0.2) is 52.8 Å². The fourth-order valence-corrected chi connectivity index (χ4v) is 9.29. The van der Waals surface area contributed by atoms with E-state index in [1.807, 2.05) is 20.8 Å². The zero-order valence-electron chi connectivity index (χ0n) is 40.2. The summed E-state index contributed by atoms with van der Waals surface area (Å²) in [4.78, 5) is 0. The van der Waals surface area contributed by atoms with Crippen LogP contribution in [0.3, 0.4) is 0 Å². The maximum Gasteiger partial charge on any atom is 0.252 e. The van der Waals surface area contributed by atoms with Crippen molar-refractivity contribution < 1.29 is 24.8 Å². The number of hydrogen-bond donors (Lipinski definition) is 4. The lowest BCUT2D eigenvalue weighted by molar-refractivity contribution is -0.302. The third kappa shape index (κ3) is 34.4. The van der Waals surface area contributed by atoms with E-state index in [-0.39, 0.29) is 0 Å². The highest BCUT2D eigenvalue weighted by molar-refractivity contribution is 4.93. The van der Waals surface area contributed by atoms with E-state index in [1.165, 1.54) is 205 Å². The summed E-state index contributed by atoms with van der Waals surface area (Å²) in [6.45, 7) is 10.8. The summed E-state index contributed by atoms with van der Waals surface area (Å²) in [5, 5.41) is 34.2. The van der Waals surface area contributed by atoms with Gasteiger partial charge in [0, 0.05) is 18.6 Å². The van der Waals surface area contributed by atoms with Gasteiger partial charge in [-0.25, -0.2) is 0 Å². The van der Waals surface area contributed by atoms with E-state index in [2.05, 4.69) is 13.8 Å². The van der Waals surface area contributed by atoms with Crippen LogP contribution < -0.4 is 5.73 Å². The van der Waals surface area contributed by atoms with E-state index >= 15 is 0 Å². The molecule has 0 heterocycles. The molecule has 0 aromatic carbocycles. The van der Waals surface area contributed by atoms with Crippen LogP contribution in [0, 0.1) is 5.41 Å². The standard InChI is InChI=1S/C52H107NO5/c1-6-10-12-14-16-18-20-22-24-26-28-30-32-34-36-38-40-42-44-48(54)46-51(5,50(56)52(53,57-8-3)58-9-4)47-49(55)45-43-41-39-37-35-33-31-29-27-25-23-21-19-17-15-13-11-7-2/h48-50,54-56H,6-47,53H2,1-5H3. The quantitative estimate of drug-likeness (QED) is 0.0360. The van der Waals surface area contributed by atoms with Crippen molar-refractivity contribution >= 4 is 0 Å². The molecule has 0 fully saturated rings. The molecule has 6 heteroatoms. The maximum atomic E-state index is 11.7. The lowest BCUT2D eigenvalue weighted by Crippen LogP contribution is -2.62. The van der Waals surface area contributed by atoms with Crippen LogP contribution in [0.1, 0.15) is 291 Å². The Morgan fingerprint density at radius 3 is 0.776 bits per heavy atom. The highest BCUT2D eigenvalue weighted by atomic mass is 16.7. The minimum absolute atomic E-state index is 0.299. The van der Waals surface area contributed by atoms with Gasteiger partial charge in [0.2, 0.25) is 0 Å². The predicted octanol–water partition coefficient (Wildman–Crippen LogP) is 15.4. The van der Waals surface area contributed by atoms with E-state index in [0.29, 0.717) is 38.9 Å². The SMILES string of the molecule is CCCCCCCCCCCCCCCCCCCCC(O)CC(C)(CC(O)CCCCCCCCCCCCCCCCCCCC)C(O)C(N)(OCC)OCC. The number of ether oxygens (including phenoxy) is 2. The molecule has 0 aliphatic heterocycles. The molecular formula is C52H107NO5. The molecule has 0 saturated carbocycles. The summed E-state index contributed by atoms with van der Waals surface area (Å²) < 4.78 is 11.6. The van der Waals surface area contributed by atoms with Crippen molar-refractivity contribution in [1.82, 2.24) is 0 Å². The van der Waals surface area contributed by atoms with Gasteiger partial charge < -0.3 is 24.8 Å². The van der Waals surface area contributed by atoms with E-state index in [4.69, 9.17) is 15.2 Å². The maximum absolute atomic E-state index is 11.7. The van der Waals surface area contributed by atoms with Gasteiger partial charge in [0.05, 0.1) is 12.2 Å². The Hall–Kier alpha value is -0.240. The van der Waals surface area contributed by atoms with Crippen molar-refractivity contribution in [2.75, 3.05) is 13.2 Å². The average Bonchev–Trinajstić information content (AvgIpc) is 3.19. The van der Waals surface area contributed by atoms with Gasteiger partial charge in [0.15, 0.2) is 0 Å². The third-order valence-electron chi connectivity index (χ3n) is 13.0. The van der Waals surface area contributed by atoms with Crippen molar-refractivity contribution in [2.24, 2.45) is 11.1 Å². The largest absolute Gasteiger partial charge is 0.393 e. The van der Waals surface area contributed by atoms with Gasteiger partial charge in [0.25, 0.3) is 5.91 Å². The Morgan fingerprint density at radius 1 is 0.362 bits per heavy atom. The summed E-state index contributed by atoms with van der Waals surface area (Å²) in [6.07, 6.45) is 48.0. The first kappa shape index (κ1) is 57.8. The Bertz CT molecular complexity index is 757. The zero-order chi connectivity index (χ0) is 42.8. The molecule has 3 atom stereocenters. The van der Waals surface area contributed by atoms with Gasteiger partial charge in [0.1, 0.15) is 6.10 Å². The summed E-state index contributed by atoms with van der Waals surface area (Å²) in [6, 6.07) is 0. The molecule has 0 spiro atoms. The van der Waals surface area contributed by atoms with Crippen LogP contribution >= 0.6 is 0 Å².